The molecule has 4 aromatic carbocycles. The molecule has 0 aliphatic rings. The SMILES string of the molecule is CC(C)(C)c1ccc(-c2ccc(CO[C@@H](CN(CCCCC(=O)O)Cc3ccc(C(=O)O)cc3)c3ccccc3)c(F)c2)cc1. The summed E-state index contributed by atoms with van der Waals surface area (Å²) < 4.78 is 21.8. The number of carbonyl (C=O) groups is 2. The number of hydrogen-bond acceptors (Lipinski definition) is 4. The second kappa shape index (κ2) is 15.6. The summed E-state index contributed by atoms with van der Waals surface area (Å²) in [4.78, 5) is 24.6. The van der Waals surface area contributed by atoms with Gasteiger partial charge in [-0.3, -0.25) is 9.69 Å². The van der Waals surface area contributed by atoms with E-state index >= 15 is 4.39 Å². The molecule has 0 aliphatic carbocycles. The van der Waals surface area contributed by atoms with Gasteiger partial charge in [0.15, 0.2) is 0 Å². The van der Waals surface area contributed by atoms with Gasteiger partial charge in [0.25, 0.3) is 0 Å². The highest BCUT2D eigenvalue weighted by molar-refractivity contribution is 5.87. The summed E-state index contributed by atoms with van der Waals surface area (Å²) in [5.74, 6) is -2.14. The fourth-order valence-electron chi connectivity index (χ4n) is 5.21. The Morgan fingerprint density at radius 1 is 0.844 bits per heavy atom. The Morgan fingerprint density at radius 2 is 1.51 bits per heavy atom. The number of ether oxygens (including phenoxy) is 1. The predicted molar refractivity (Wildman–Crippen MR) is 175 cm³/mol. The van der Waals surface area contributed by atoms with E-state index in [4.69, 9.17) is 9.84 Å². The van der Waals surface area contributed by atoms with Crippen molar-refractivity contribution >= 4 is 11.9 Å². The zero-order valence-electron chi connectivity index (χ0n) is 26.2. The van der Waals surface area contributed by atoms with Gasteiger partial charge >= 0.3 is 11.9 Å². The molecule has 4 rings (SSSR count). The van der Waals surface area contributed by atoms with Crippen LogP contribution in [0.4, 0.5) is 4.39 Å². The van der Waals surface area contributed by atoms with Crippen molar-refractivity contribution in [1.29, 1.82) is 0 Å². The highest BCUT2D eigenvalue weighted by Crippen LogP contribution is 2.28. The van der Waals surface area contributed by atoms with Crippen LogP contribution in [0.15, 0.2) is 97.1 Å². The first-order valence-electron chi connectivity index (χ1n) is 15.3. The molecule has 6 nitrogen and oxygen atoms in total. The van der Waals surface area contributed by atoms with Crippen LogP contribution in [0.1, 0.15) is 78.7 Å². The van der Waals surface area contributed by atoms with Gasteiger partial charge in [0.05, 0.1) is 18.3 Å². The van der Waals surface area contributed by atoms with Crippen LogP contribution in [0.2, 0.25) is 0 Å². The number of carboxylic acid groups (broad SMARTS) is 2. The van der Waals surface area contributed by atoms with E-state index in [2.05, 4.69) is 37.8 Å². The average Bonchev–Trinajstić information content (AvgIpc) is 3.02. The van der Waals surface area contributed by atoms with E-state index in [1.54, 1.807) is 36.4 Å². The minimum atomic E-state index is -0.983. The van der Waals surface area contributed by atoms with Gasteiger partial charge in [0.2, 0.25) is 0 Å². The van der Waals surface area contributed by atoms with Gasteiger partial charge in [-0.25, -0.2) is 9.18 Å². The molecule has 0 amide bonds. The summed E-state index contributed by atoms with van der Waals surface area (Å²) in [6, 6.07) is 30.0. The minimum absolute atomic E-state index is 0.0410. The van der Waals surface area contributed by atoms with Crippen molar-refractivity contribution in [3.8, 4) is 11.1 Å². The minimum Gasteiger partial charge on any atom is -0.481 e. The summed E-state index contributed by atoms with van der Waals surface area (Å²) in [6.45, 7) is 8.20. The monoisotopic (exact) mass is 611 g/mol. The highest BCUT2D eigenvalue weighted by atomic mass is 19.1. The average molecular weight is 612 g/mol. The predicted octanol–water partition coefficient (Wildman–Crippen LogP) is 8.50. The Morgan fingerprint density at radius 3 is 2.11 bits per heavy atom. The van der Waals surface area contributed by atoms with E-state index in [0.717, 1.165) is 22.3 Å². The van der Waals surface area contributed by atoms with Gasteiger partial charge in [-0.1, -0.05) is 99.6 Å². The number of nitrogens with zero attached hydrogens (tertiary/aromatic N) is 1. The molecule has 0 aliphatic heterocycles. The van der Waals surface area contributed by atoms with E-state index in [1.807, 2.05) is 48.5 Å². The summed E-state index contributed by atoms with van der Waals surface area (Å²) in [7, 11) is 0. The molecule has 0 heterocycles. The zero-order valence-corrected chi connectivity index (χ0v) is 26.2. The number of unbranched alkanes of at least 4 members (excludes halogenated alkanes) is 1. The van der Waals surface area contributed by atoms with Gasteiger partial charge in [-0.15, -0.1) is 0 Å². The van der Waals surface area contributed by atoms with Crippen LogP contribution in [-0.4, -0.2) is 40.1 Å². The molecule has 0 aromatic heterocycles. The molecule has 0 fully saturated rings. The molecule has 236 valence electrons. The highest BCUT2D eigenvalue weighted by Gasteiger charge is 2.19. The lowest BCUT2D eigenvalue weighted by molar-refractivity contribution is -0.137. The molecule has 45 heavy (non-hydrogen) atoms. The lowest BCUT2D eigenvalue weighted by Crippen LogP contribution is -2.30. The summed E-state index contributed by atoms with van der Waals surface area (Å²) in [5.41, 5.74) is 5.57. The largest absolute Gasteiger partial charge is 0.481 e. The Balaban J connectivity index is 1.50. The van der Waals surface area contributed by atoms with Gasteiger partial charge in [-0.05, 0) is 70.8 Å². The van der Waals surface area contributed by atoms with E-state index in [0.29, 0.717) is 38.0 Å². The third-order valence-corrected chi connectivity index (χ3v) is 7.89. The summed E-state index contributed by atoms with van der Waals surface area (Å²) >= 11 is 0. The third kappa shape index (κ3) is 10.1. The molecule has 0 bridgehead atoms. The maximum atomic E-state index is 15.4. The Hall–Kier alpha value is -4.33. The molecule has 1 atom stereocenters. The van der Waals surface area contributed by atoms with Crippen LogP contribution in [0.3, 0.4) is 0 Å². The van der Waals surface area contributed by atoms with E-state index in [-0.39, 0.29) is 35.9 Å². The summed E-state index contributed by atoms with van der Waals surface area (Å²) in [5, 5.41) is 18.4. The third-order valence-electron chi connectivity index (χ3n) is 7.89. The number of carboxylic acids is 2. The topological polar surface area (TPSA) is 87.1 Å². The van der Waals surface area contributed by atoms with Crippen LogP contribution in [0, 0.1) is 5.82 Å². The lowest BCUT2D eigenvalue weighted by atomic mass is 9.86. The first kappa shape index (κ1) is 33.6. The molecule has 0 unspecified atom stereocenters. The van der Waals surface area contributed by atoms with E-state index in [9.17, 15) is 14.7 Å². The Bertz CT molecular complexity index is 1550. The smallest absolute Gasteiger partial charge is 0.335 e. The lowest BCUT2D eigenvalue weighted by Gasteiger charge is -2.28. The second-order valence-electron chi connectivity index (χ2n) is 12.4. The molecule has 4 aromatic rings. The normalized spacial score (nSPS) is 12.3. The van der Waals surface area contributed by atoms with Gasteiger partial charge in [0.1, 0.15) is 5.82 Å². The molecule has 2 N–H and O–H groups in total. The number of rotatable bonds is 15. The van der Waals surface area contributed by atoms with Gasteiger partial charge in [0, 0.05) is 25.1 Å². The number of aliphatic carboxylic acids is 1. The molecule has 0 saturated carbocycles. The van der Waals surface area contributed by atoms with Crippen LogP contribution in [0.5, 0.6) is 0 Å². The Kier molecular flexibility index (Phi) is 11.6. The molecule has 0 saturated heterocycles. The standard InChI is InChI=1S/C38H42FNO5/c1-38(2,3)33-20-18-28(19-21-33)31-16-17-32(34(39)23-31)26-45-35(29-9-5-4-6-10-29)25-40(22-8-7-11-36(41)42)24-27-12-14-30(15-13-27)37(43)44/h4-6,9-10,12-21,23,35H,7-8,11,22,24-26H2,1-3H3,(H,41,42)(H,43,44)/t35-/m0/s1. The molecule has 7 heteroatoms. The fourth-order valence-corrected chi connectivity index (χ4v) is 5.21. The van der Waals surface area contributed by atoms with Crippen molar-refractivity contribution in [2.24, 2.45) is 0 Å². The quantitative estimate of drug-likeness (QED) is 0.131. The Labute approximate surface area is 265 Å². The van der Waals surface area contributed by atoms with Crippen molar-refractivity contribution < 1.29 is 28.9 Å². The summed E-state index contributed by atoms with van der Waals surface area (Å²) in [6.07, 6.45) is 0.925. The number of halogens is 1. The van der Waals surface area contributed by atoms with E-state index < -0.39 is 11.9 Å². The van der Waals surface area contributed by atoms with Crippen LogP contribution >= 0.6 is 0 Å². The molecule has 0 spiro atoms. The van der Waals surface area contributed by atoms with E-state index in [1.165, 1.54) is 5.56 Å². The van der Waals surface area contributed by atoms with Crippen LogP contribution in [0.25, 0.3) is 11.1 Å². The van der Waals surface area contributed by atoms with Gasteiger partial charge < -0.3 is 14.9 Å². The fraction of sp³-hybridized carbons (Fsp3) is 0.316. The first-order valence-corrected chi connectivity index (χ1v) is 15.3. The van der Waals surface area contributed by atoms with Crippen LogP contribution < -0.4 is 0 Å². The van der Waals surface area contributed by atoms with Crippen molar-refractivity contribution in [2.75, 3.05) is 13.1 Å². The molecular formula is C38H42FNO5. The van der Waals surface area contributed by atoms with Crippen molar-refractivity contribution in [1.82, 2.24) is 4.90 Å². The van der Waals surface area contributed by atoms with Crippen molar-refractivity contribution in [3.63, 3.8) is 0 Å². The maximum absolute atomic E-state index is 15.4. The van der Waals surface area contributed by atoms with Gasteiger partial charge in [-0.2, -0.15) is 0 Å². The molecule has 0 radical (unpaired) electrons. The number of benzene rings is 4. The first-order chi connectivity index (χ1) is 21.5. The second-order valence-corrected chi connectivity index (χ2v) is 12.4. The van der Waals surface area contributed by atoms with Crippen molar-refractivity contribution in [2.45, 2.75) is 64.7 Å². The van der Waals surface area contributed by atoms with Crippen LogP contribution in [-0.2, 0) is 28.1 Å². The number of aromatic carboxylic acids is 1. The maximum Gasteiger partial charge on any atom is 0.335 e. The zero-order chi connectivity index (χ0) is 32.4. The molecular weight excluding hydrogens is 569 g/mol. The van der Waals surface area contributed by atoms with Crippen molar-refractivity contribution in [3.05, 3.63) is 131 Å². The number of hydrogen-bond donors (Lipinski definition) is 2.